The fourth-order valence-corrected chi connectivity index (χ4v) is 2.74. The van der Waals surface area contributed by atoms with Crippen LogP contribution in [0.25, 0.3) is 0 Å². The summed E-state index contributed by atoms with van der Waals surface area (Å²) in [5.41, 5.74) is 10.7. The van der Waals surface area contributed by atoms with Gasteiger partial charge in [0, 0.05) is 23.6 Å². The van der Waals surface area contributed by atoms with Gasteiger partial charge in [-0.25, -0.2) is 4.99 Å². The molecular weight excluding hydrogens is 403 g/mol. The number of nitrogens with zero attached hydrogens (tertiary/aromatic N) is 2. The maximum atomic E-state index is 5.97. The number of rotatable bonds is 4. The number of hydrogen-bond acceptors (Lipinski definition) is 3. The van der Waals surface area contributed by atoms with Crippen LogP contribution in [0.3, 0.4) is 0 Å². The Morgan fingerprint density at radius 3 is 2.96 bits per heavy atom. The Bertz CT molecular complexity index is 703. The van der Waals surface area contributed by atoms with E-state index in [9.17, 15) is 0 Å². The molecule has 1 aromatic carbocycles. The monoisotopic (exact) mass is 424 g/mol. The normalized spacial score (nSPS) is 13.2. The molecule has 0 saturated heterocycles. The Morgan fingerprint density at radius 1 is 1.30 bits per heavy atom. The lowest BCUT2D eigenvalue weighted by Crippen LogP contribution is -2.22. The van der Waals surface area contributed by atoms with Crippen molar-refractivity contribution in [2.24, 2.45) is 10.7 Å². The number of methoxy groups -OCH3 is 1. The highest BCUT2D eigenvalue weighted by Gasteiger charge is 2.10. The molecule has 1 aliphatic carbocycles. The van der Waals surface area contributed by atoms with Crippen molar-refractivity contribution in [1.29, 1.82) is 0 Å². The Hall–Kier alpha value is -1.83. The summed E-state index contributed by atoms with van der Waals surface area (Å²) in [5.74, 6) is 1.16. The Labute approximate surface area is 153 Å². The van der Waals surface area contributed by atoms with Gasteiger partial charge in [-0.3, -0.25) is 4.98 Å². The minimum atomic E-state index is 0. The molecule has 0 atom stereocenters. The molecule has 6 heteroatoms. The second kappa shape index (κ2) is 8.14. The highest BCUT2D eigenvalue weighted by Crippen LogP contribution is 2.24. The van der Waals surface area contributed by atoms with Crippen molar-refractivity contribution in [1.82, 2.24) is 4.98 Å². The smallest absolute Gasteiger partial charge is 0.193 e. The molecule has 1 heterocycles. The molecule has 3 N–H and O–H groups in total. The summed E-state index contributed by atoms with van der Waals surface area (Å²) in [6.45, 7) is 0.431. The van der Waals surface area contributed by atoms with E-state index in [-0.39, 0.29) is 24.0 Å². The molecule has 0 saturated carbocycles. The van der Waals surface area contributed by atoms with Crippen molar-refractivity contribution in [2.45, 2.75) is 25.8 Å². The predicted molar refractivity (Wildman–Crippen MR) is 104 cm³/mol. The fourth-order valence-electron chi connectivity index (χ4n) is 2.74. The summed E-state index contributed by atoms with van der Waals surface area (Å²) in [7, 11) is 1.63. The van der Waals surface area contributed by atoms with Gasteiger partial charge in [0.25, 0.3) is 0 Å². The van der Waals surface area contributed by atoms with Crippen molar-refractivity contribution in [3.63, 3.8) is 0 Å². The molecule has 23 heavy (non-hydrogen) atoms. The number of halogens is 1. The number of aryl methyl sites for hydroxylation is 2. The molecule has 0 radical (unpaired) electrons. The predicted octanol–water partition coefficient (Wildman–Crippen LogP) is 3.12. The van der Waals surface area contributed by atoms with Crippen molar-refractivity contribution in [3.05, 3.63) is 53.3 Å². The van der Waals surface area contributed by atoms with Crippen LogP contribution in [0.15, 0.2) is 41.7 Å². The van der Waals surface area contributed by atoms with E-state index in [1.54, 1.807) is 19.5 Å². The van der Waals surface area contributed by atoms with Gasteiger partial charge in [0.1, 0.15) is 5.75 Å². The first-order valence-electron chi connectivity index (χ1n) is 7.42. The number of nitrogens with two attached hydrogens (primary N) is 1. The van der Waals surface area contributed by atoms with Crippen molar-refractivity contribution >= 4 is 35.6 Å². The number of guanidine groups is 1. The minimum absolute atomic E-state index is 0. The summed E-state index contributed by atoms with van der Waals surface area (Å²) in [6, 6.07) is 8.20. The average Bonchev–Trinajstić information content (AvgIpc) is 3.01. The van der Waals surface area contributed by atoms with Gasteiger partial charge in [-0.2, -0.15) is 0 Å². The standard InChI is InChI=1S/C17H20N4O.HI/c1-22-16-7-8-19-10-14(16)11-20-17(18)21-15-6-5-12-3-2-4-13(12)9-15;/h5-10H,2-4,11H2,1H3,(H3,18,20,21);1H. The first-order valence-corrected chi connectivity index (χ1v) is 7.42. The van der Waals surface area contributed by atoms with Gasteiger partial charge < -0.3 is 15.8 Å². The summed E-state index contributed by atoms with van der Waals surface area (Å²) in [5, 5.41) is 3.15. The van der Waals surface area contributed by atoms with Crippen molar-refractivity contribution < 1.29 is 4.74 Å². The first-order chi connectivity index (χ1) is 10.8. The van der Waals surface area contributed by atoms with E-state index in [4.69, 9.17) is 10.5 Å². The number of ether oxygens (including phenoxy) is 1. The van der Waals surface area contributed by atoms with E-state index in [1.807, 2.05) is 6.07 Å². The van der Waals surface area contributed by atoms with Crippen LogP contribution in [0.5, 0.6) is 5.75 Å². The van der Waals surface area contributed by atoms with E-state index in [0.29, 0.717) is 12.5 Å². The summed E-state index contributed by atoms with van der Waals surface area (Å²) in [4.78, 5) is 8.44. The number of hydrogen-bond donors (Lipinski definition) is 2. The van der Waals surface area contributed by atoms with Gasteiger partial charge >= 0.3 is 0 Å². The molecule has 0 unspecified atom stereocenters. The Balaban J connectivity index is 0.00000192. The lowest BCUT2D eigenvalue weighted by Gasteiger charge is -2.09. The van der Waals surface area contributed by atoms with Gasteiger partial charge in [-0.15, -0.1) is 24.0 Å². The molecular formula is C17H21IN4O. The SMILES string of the molecule is COc1ccncc1CN=C(N)Nc1ccc2c(c1)CCC2.I. The van der Waals surface area contributed by atoms with Crippen LogP contribution in [-0.4, -0.2) is 18.1 Å². The van der Waals surface area contributed by atoms with Crippen LogP contribution >= 0.6 is 24.0 Å². The number of aliphatic imine (C=N–C) groups is 1. The molecule has 0 spiro atoms. The zero-order chi connectivity index (χ0) is 15.4. The van der Waals surface area contributed by atoms with Gasteiger partial charge in [-0.1, -0.05) is 6.07 Å². The first kappa shape index (κ1) is 17.5. The third kappa shape index (κ3) is 4.34. The molecule has 0 bridgehead atoms. The van der Waals surface area contributed by atoms with Crippen molar-refractivity contribution in [2.75, 3.05) is 12.4 Å². The average molecular weight is 424 g/mol. The lowest BCUT2D eigenvalue weighted by molar-refractivity contribution is 0.409. The maximum Gasteiger partial charge on any atom is 0.193 e. The molecule has 122 valence electrons. The van der Waals surface area contributed by atoms with Crippen LogP contribution in [0, 0.1) is 0 Å². The van der Waals surface area contributed by atoms with Gasteiger partial charge in [0.2, 0.25) is 0 Å². The maximum absolute atomic E-state index is 5.97. The number of benzene rings is 1. The number of anilines is 1. The van der Waals surface area contributed by atoms with Gasteiger partial charge in [0.05, 0.1) is 13.7 Å². The van der Waals surface area contributed by atoms with Crippen LogP contribution in [0.4, 0.5) is 5.69 Å². The Kier molecular flexibility index (Phi) is 6.20. The number of fused-ring (bicyclic) bond motifs is 1. The second-order valence-corrected chi connectivity index (χ2v) is 5.35. The zero-order valence-corrected chi connectivity index (χ0v) is 15.4. The molecule has 0 aliphatic heterocycles. The van der Waals surface area contributed by atoms with Crippen LogP contribution in [0.1, 0.15) is 23.1 Å². The van der Waals surface area contributed by atoms with E-state index >= 15 is 0 Å². The summed E-state index contributed by atoms with van der Waals surface area (Å²) in [6.07, 6.45) is 7.00. The van der Waals surface area contributed by atoms with E-state index in [1.165, 1.54) is 24.0 Å². The molecule has 2 aromatic rings. The second-order valence-electron chi connectivity index (χ2n) is 5.35. The quantitative estimate of drug-likeness (QED) is 0.450. The number of nitrogens with one attached hydrogen (secondary N) is 1. The molecule has 1 aliphatic rings. The number of pyridine rings is 1. The van der Waals surface area contributed by atoms with E-state index in [2.05, 4.69) is 33.5 Å². The molecule has 1 aromatic heterocycles. The van der Waals surface area contributed by atoms with Gasteiger partial charge in [-0.05, 0) is 48.6 Å². The third-order valence-corrected chi connectivity index (χ3v) is 3.87. The van der Waals surface area contributed by atoms with E-state index < -0.39 is 0 Å². The summed E-state index contributed by atoms with van der Waals surface area (Å²) < 4.78 is 5.28. The highest BCUT2D eigenvalue weighted by molar-refractivity contribution is 14.0. The molecule has 0 fully saturated rings. The molecule has 5 nitrogen and oxygen atoms in total. The molecule has 3 rings (SSSR count). The van der Waals surface area contributed by atoms with Crippen LogP contribution in [0.2, 0.25) is 0 Å². The van der Waals surface area contributed by atoms with Gasteiger partial charge in [0.15, 0.2) is 5.96 Å². The fraction of sp³-hybridized carbons (Fsp3) is 0.294. The highest BCUT2D eigenvalue weighted by atomic mass is 127. The van der Waals surface area contributed by atoms with Crippen molar-refractivity contribution in [3.8, 4) is 5.75 Å². The largest absolute Gasteiger partial charge is 0.496 e. The van der Waals surface area contributed by atoms with Crippen LogP contribution < -0.4 is 15.8 Å². The zero-order valence-electron chi connectivity index (χ0n) is 13.1. The topological polar surface area (TPSA) is 72.5 Å². The minimum Gasteiger partial charge on any atom is -0.496 e. The molecule has 0 amide bonds. The third-order valence-electron chi connectivity index (χ3n) is 3.87. The van der Waals surface area contributed by atoms with Crippen LogP contribution in [-0.2, 0) is 19.4 Å². The summed E-state index contributed by atoms with van der Waals surface area (Å²) >= 11 is 0. The number of aromatic nitrogens is 1. The van der Waals surface area contributed by atoms with E-state index in [0.717, 1.165) is 23.4 Å². The Morgan fingerprint density at radius 2 is 2.13 bits per heavy atom. The lowest BCUT2D eigenvalue weighted by atomic mass is 10.1.